The van der Waals surface area contributed by atoms with Crippen LogP contribution in [0.5, 0.6) is 0 Å². The summed E-state index contributed by atoms with van der Waals surface area (Å²) in [5.41, 5.74) is 2.34. The molecule has 2 aliphatic heterocycles. The molecule has 1 spiro atoms. The van der Waals surface area contributed by atoms with Crippen molar-refractivity contribution in [1.82, 2.24) is 0 Å². The van der Waals surface area contributed by atoms with Gasteiger partial charge in [-0.2, -0.15) is 0 Å². The average Bonchev–Trinajstić information content (AvgIpc) is 3.34. The van der Waals surface area contributed by atoms with Crippen molar-refractivity contribution < 1.29 is 24.4 Å². The van der Waals surface area contributed by atoms with Crippen LogP contribution in [-0.4, -0.2) is 54.6 Å². The lowest BCUT2D eigenvalue weighted by atomic mass is 9.47. The highest BCUT2D eigenvalue weighted by Gasteiger charge is 2.68. The fourth-order valence-electron chi connectivity index (χ4n) is 10.4. The topological polar surface area (TPSA) is 68.2 Å². The number of rotatable bonds is 6. The molecule has 2 N–H and O–H groups in total. The van der Waals surface area contributed by atoms with Gasteiger partial charge in [-0.3, -0.25) is 0 Å². The molecule has 6 rings (SSSR count). The maximum absolute atomic E-state index is 9.35. The van der Waals surface area contributed by atoms with Gasteiger partial charge in [0.05, 0.1) is 18.8 Å². The molecule has 5 fully saturated rings. The first-order chi connectivity index (χ1) is 17.7. The molecule has 0 amide bonds. The van der Waals surface area contributed by atoms with Crippen LogP contribution in [0.2, 0.25) is 0 Å². The Morgan fingerprint density at radius 3 is 2.59 bits per heavy atom. The Balaban J connectivity index is 1.14. The summed E-state index contributed by atoms with van der Waals surface area (Å²) >= 11 is 0. The van der Waals surface area contributed by atoms with Gasteiger partial charge < -0.3 is 24.4 Å². The molecule has 0 aromatic carbocycles. The van der Waals surface area contributed by atoms with E-state index in [2.05, 4.69) is 33.8 Å². The smallest absolute Gasteiger partial charge is 0.171 e. The van der Waals surface area contributed by atoms with Crippen LogP contribution >= 0.6 is 0 Å². The first-order valence-corrected chi connectivity index (χ1v) is 15.6. The minimum Gasteiger partial charge on any atom is -0.396 e. The zero-order valence-corrected chi connectivity index (χ0v) is 23.8. The van der Waals surface area contributed by atoms with E-state index >= 15 is 0 Å². The predicted molar refractivity (Wildman–Crippen MR) is 144 cm³/mol. The Hall–Kier alpha value is -0.460. The van der Waals surface area contributed by atoms with Crippen molar-refractivity contribution in [3.05, 3.63) is 11.6 Å². The van der Waals surface area contributed by atoms with Crippen LogP contribution in [0, 0.1) is 52.3 Å². The third-order valence-corrected chi connectivity index (χ3v) is 12.7. The quantitative estimate of drug-likeness (QED) is 0.442. The van der Waals surface area contributed by atoms with Crippen LogP contribution in [0.15, 0.2) is 11.6 Å². The molecule has 5 heteroatoms. The van der Waals surface area contributed by atoms with Crippen LogP contribution < -0.4 is 0 Å². The Morgan fingerprint density at radius 2 is 1.86 bits per heavy atom. The number of ether oxygens (including phenoxy) is 3. The Kier molecular flexibility index (Phi) is 7.14. The van der Waals surface area contributed by atoms with Gasteiger partial charge in [-0.25, -0.2) is 0 Å². The van der Waals surface area contributed by atoms with Crippen molar-refractivity contribution >= 4 is 0 Å². The summed E-state index contributed by atoms with van der Waals surface area (Å²) in [6.45, 7) is 11.5. The van der Waals surface area contributed by atoms with Gasteiger partial charge in [0.15, 0.2) is 5.79 Å². The van der Waals surface area contributed by atoms with Gasteiger partial charge in [-0.1, -0.05) is 39.3 Å². The fraction of sp³-hybridized carbons (Fsp3) is 0.938. The lowest BCUT2D eigenvalue weighted by Gasteiger charge is -2.58. The van der Waals surface area contributed by atoms with Crippen molar-refractivity contribution in [3.63, 3.8) is 0 Å². The summed E-state index contributed by atoms with van der Waals surface area (Å²) in [7, 11) is 0. The maximum Gasteiger partial charge on any atom is 0.171 e. The summed E-state index contributed by atoms with van der Waals surface area (Å²) in [5, 5.41) is 18.7. The molecule has 4 aliphatic carbocycles. The summed E-state index contributed by atoms with van der Waals surface area (Å²) < 4.78 is 19.7. The molecule has 2 heterocycles. The van der Waals surface area contributed by atoms with Crippen molar-refractivity contribution in [2.75, 3.05) is 26.4 Å². The molecular formula is C32H52O5. The van der Waals surface area contributed by atoms with Crippen LogP contribution in [0.1, 0.15) is 91.9 Å². The lowest BCUT2D eigenvalue weighted by molar-refractivity contribution is -0.272. The van der Waals surface area contributed by atoms with E-state index in [4.69, 9.17) is 14.2 Å². The van der Waals surface area contributed by atoms with E-state index in [1.807, 2.05) is 0 Å². The first kappa shape index (κ1) is 26.7. The van der Waals surface area contributed by atoms with Gasteiger partial charge in [0.1, 0.15) is 0 Å². The van der Waals surface area contributed by atoms with Crippen LogP contribution in [0.3, 0.4) is 0 Å². The molecule has 2 saturated heterocycles. The van der Waals surface area contributed by atoms with E-state index in [-0.39, 0.29) is 31.0 Å². The fourth-order valence-corrected chi connectivity index (χ4v) is 10.4. The lowest BCUT2D eigenvalue weighted by Crippen LogP contribution is -2.52. The van der Waals surface area contributed by atoms with Crippen molar-refractivity contribution in [3.8, 4) is 0 Å². The second-order valence-electron chi connectivity index (χ2n) is 14.5. The number of fused-ring (bicyclic) bond motifs is 7. The van der Waals surface area contributed by atoms with Gasteiger partial charge in [0, 0.05) is 38.1 Å². The van der Waals surface area contributed by atoms with Crippen molar-refractivity contribution in [2.24, 2.45) is 52.3 Å². The average molecular weight is 517 g/mol. The Morgan fingerprint density at radius 1 is 1.05 bits per heavy atom. The number of hydrogen-bond acceptors (Lipinski definition) is 5. The van der Waals surface area contributed by atoms with Crippen molar-refractivity contribution in [2.45, 2.75) is 110 Å². The highest BCUT2D eigenvalue weighted by Crippen LogP contribution is 2.70. The Bertz CT molecular complexity index is 859. The molecule has 210 valence electrons. The normalized spacial score (nSPS) is 50.9. The molecule has 6 aliphatic rings. The first-order valence-electron chi connectivity index (χ1n) is 15.6. The number of allylic oxidation sites excluding steroid dienone is 1. The minimum absolute atomic E-state index is 0.0374. The monoisotopic (exact) mass is 516 g/mol. The van der Waals surface area contributed by atoms with Gasteiger partial charge in [0.2, 0.25) is 0 Å². The summed E-state index contributed by atoms with van der Waals surface area (Å²) in [6.07, 6.45) is 14.9. The second kappa shape index (κ2) is 9.87. The highest BCUT2D eigenvalue weighted by molar-refractivity contribution is 5.26. The standard InChI is InChI=1S/C32H52O5/c1-20-7-13-32(36-19-20)21(2)29-28(37-32)16-27-25-6-5-23-15-24(35-14-10-22(17-33)18-34)8-11-30(23,3)26(25)9-12-31(27,29)4/h5,20-22,24-29,33-34H,6-19H2,1-4H3/t20-,21+,24+,25-,26+,27+,28+,29+,30+,31+,32-/m1/s1. The van der Waals surface area contributed by atoms with E-state index < -0.39 is 0 Å². The van der Waals surface area contributed by atoms with Gasteiger partial charge >= 0.3 is 0 Å². The van der Waals surface area contributed by atoms with Crippen LogP contribution in [0.25, 0.3) is 0 Å². The number of aliphatic hydroxyl groups is 2. The molecule has 5 nitrogen and oxygen atoms in total. The largest absolute Gasteiger partial charge is 0.396 e. The molecule has 0 aromatic rings. The van der Waals surface area contributed by atoms with Gasteiger partial charge in [0.25, 0.3) is 0 Å². The third-order valence-electron chi connectivity index (χ3n) is 12.7. The third kappa shape index (κ3) is 4.20. The maximum atomic E-state index is 9.35. The van der Waals surface area contributed by atoms with E-state index in [0.717, 1.165) is 50.0 Å². The SMILES string of the molecule is C[C@@H]1CC[C@@]2(OC1)O[C@H]1C[C@H]3[C@@H]4CC=C5C[C@@H](OCCC(CO)CO)CC[C@]5(C)[C@H]4CC[C@]3(C)[C@H]1[C@@H]2C. The van der Waals surface area contributed by atoms with Gasteiger partial charge in [-0.15, -0.1) is 0 Å². The van der Waals surface area contributed by atoms with E-state index in [0.29, 0.717) is 41.3 Å². The predicted octanol–water partition coefficient (Wildman–Crippen LogP) is 5.73. The van der Waals surface area contributed by atoms with Crippen molar-refractivity contribution in [1.29, 1.82) is 0 Å². The summed E-state index contributed by atoms with van der Waals surface area (Å²) in [5.74, 6) is 3.75. The molecule has 0 aromatic heterocycles. The molecule has 0 unspecified atom stereocenters. The van der Waals surface area contributed by atoms with Crippen LogP contribution in [0.4, 0.5) is 0 Å². The van der Waals surface area contributed by atoms with Crippen LogP contribution in [-0.2, 0) is 14.2 Å². The molecule has 0 bridgehead atoms. The highest BCUT2D eigenvalue weighted by atomic mass is 16.7. The zero-order chi connectivity index (χ0) is 26.0. The number of aliphatic hydroxyl groups excluding tert-OH is 2. The van der Waals surface area contributed by atoms with Gasteiger partial charge in [-0.05, 0) is 98.2 Å². The van der Waals surface area contributed by atoms with E-state index in [9.17, 15) is 10.2 Å². The summed E-state index contributed by atoms with van der Waals surface area (Å²) in [6, 6.07) is 0. The molecule has 3 saturated carbocycles. The Labute approximate surface area is 224 Å². The molecular weight excluding hydrogens is 464 g/mol. The number of hydrogen-bond donors (Lipinski definition) is 2. The zero-order valence-electron chi connectivity index (χ0n) is 23.8. The molecule has 0 radical (unpaired) electrons. The minimum atomic E-state index is -0.314. The van der Waals surface area contributed by atoms with E-state index in [1.54, 1.807) is 5.57 Å². The molecule has 37 heavy (non-hydrogen) atoms. The second-order valence-corrected chi connectivity index (χ2v) is 14.5. The molecule has 11 atom stereocenters. The summed E-state index contributed by atoms with van der Waals surface area (Å²) in [4.78, 5) is 0. The van der Waals surface area contributed by atoms with E-state index in [1.165, 1.54) is 38.5 Å².